The first kappa shape index (κ1) is 17.2. The minimum absolute atomic E-state index is 0.383. The zero-order valence-electron chi connectivity index (χ0n) is 13.0. The highest BCUT2D eigenvalue weighted by Crippen LogP contribution is 2.39. The highest BCUT2D eigenvalue weighted by Gasteiger charge is 2.33. The fraction of sp³-hybridized carbons (Fsp3) is 1.00. The third kappa shape index (κ3) is 6.61. The standard InChI is InChI=1S/C15H34OSi/c1-7-10-14(13-16)11-8-9-12-17(5,6)15(2,3)4/h14,16H,7-13H2,1-6H3/t14-/m1/s1. The molecule has 1 atom stereocenters. The van der Waals surface area contributed by atoms with E-state index in [-0.39, 0.29) is 0 Å². The third-order valence-corrected chi connectivity index (χ3v) is 10.3. The van der Waals surface area contributed by atoms with E-state index < -0.39 is 8.07 Å². The molecule has 0 saturated carbocycles. The highest BCUT2D eigenvalue weighted by atomic mass is 28.3. The topological polar surface area (TPSA) is 20.2 Å². The Kier molecular flexibility index (Phi) is 7.66. The van der Waals surface area contributed by atoms with E-state index >= 15 is 0 Å². The lowest BCUT2D eigenvalue weighted by atomic mass is 9.98. The molecule has 104 valence electrons. The molecule has 0 aromatic rings. The van der Waals surface area contributed by atoms with Crippen molar-refractivity contribution in [2.45, 2.75) is 84.0 Å². The Bertz CT molecular complexity index is 194. The van der Waals surface area contributed by atoms with Crippen LogP contribution in [0.1, 0.15) is 59.8 Å². The summed E-state index contributed by atoms with van der Waals surface area (Å²) in [6, 6.07) is 1.43. The minimum atomic E-state index is -1.07. The summed E-state index contributed by atoms with van der Waals surface area (Å²) in [6.07, 6.45) is 6.28. The van der Waals surface area contributed by atoms with Crippen molar-refractivity contribution in [3.63, 3.8) is 0 Å². The summed E-state index contributed by atoms with van der Waals surface area (Å²) in [5.74, 6) is 0.555. The van der Waals surface area contributed by atoms with Gasteiger partial charge in [-0.15, -0.1) is 0 Å². The fourth-order valence-corrected chi connectivity index (χ4v) is 3.99. The van der Waals surface area contributed by atoms with Crippen LogP contribution >= 0.6 is 0 Å². The second-order valence-electron chi connectivity index (χ2n) is 7.22. The van der Waals surface area contributed by atoms with E-state index in [1.54, 1.807) is 0 Å². The number of rotatable bonds is 8. The van der Waals surface area contributed by atoms with Crippen molar-refractivity contribution in [3.05, 3.63) is 0 Å². The lowest BCUT2D eigenvalue weighted by molar-refractivity contribution is 0.207. The molecule has 0 saturated heterocycles. The number of aliphatic hydroxyl groups excluding tert-OH is 1. The molecule has 1 nitrogen and oxygen atoms in total. The van der Waals surface area contributed by atoms with Crippen molar-refractivity contribution < 1.29 is 5.11 Å². The van der Waals surface area contributed by atoms with Crippen molar-refractivity contribution in [3.8, 4) is 0 Å². The number of hydrogen-bond acceptors (Lipinski definition) is 1. The Morgan fingerprint density at radius 2 is 1.65 bits per heavy atom. The molecule has 0 aliphatic carbocycles. The maximum absolute atomic E-state index is 9.25. The average molecular weight is 259 g/mol. The zero-order chi connectivity index (χ0) is 13.5. The van der Waals surface area contributed by atoms with Crippen LogP contribution in [0.25, 0.3) is 0 Å². The lowest BCUT2D eigenvalue weighted by Gasteiger charge is -2.37. The van der Waals surface area contributed by atoms with Crippen LogP contribution in [0.15, 0.2) is 0 Å². The van der Waals surface area contributed by atoms with Gasteiger partial charge < -0.3 is 5.11 Å². The molecule has 0 heterocycles. The molecule has 0 aliphatic heterocycles. The van der Waals surface area contributed by atoms with Gasteiger partial charge in [-0.25, -0.2) is 0 Å². The molecule has 0 amide bonds. The van der Waals surface area contributed by atoms with E-state index in [2.05, 4.69) is 40.8 Å². The number of hydrogen-bond donors (Lipinski definition) is 1. The van der Waals surface area contributed by atoms with Crippen LogP contribution in [0.5, 0.6) is 0 Å². The van der Waals surface area contributed by atoms with Crippen LogP contribution in [0.3, 0.4) is 0 Å². The maximum Gasteiger partial charge on any atom is 0.0527 e. The van der Waals surface area contributed by atoms with Gasteiger partial charge in [0, 0.05) is 6.61 Å². The first-order valence-electron chi connectivity index (χ1n) is 7.35. The van der Waals surface area contributed by atoms with Gasteiger partial charge in [-0.2, -0.15) is 0 Å². The van der Waals surface area contributed by atoms with Crippen molar-refractivity contribution in [1.82, 2.24) is 0 Å². The molecule has 0 unspecified atom stereocenters. The van der Waals surface area contributed by atoms with E-state index in [9.17, 15) is 5.11 Å². The molecular weight excluding hydrogens is 224 g/mol. The lowest BCUT2D eigenvalue weighted by Crippen LogP contribution is -2.36. The Balaban J connectivity index is 3.84. The molecule has 0 aromatic heterocycles. The van der Waals surface area contributed by atoms with Crippen molar-refractivity contribution in [1.29, 1.82) is 0 Å². The molecule has 17 heavy (non-hydrogen) atoms. The molecule has 0 aliphatic rings. The van der Waals surface area contributed by atoms with Crippen molar-refractivity contribution in [2.24, 2.45) is 5.92 Å². The summed E-state index contributed by atoms with van der Waals surface area (Å²) in [5, 5.41) is 9.77. The molecule has 0 aromatic carbocycles. The fourth-order valence-electron chi connectivity index (χ4n) is 2.11. The minimum Gasteiger partial charge on any atom is -0.396 e. The molecule has 0 fully saturated rings. The van der Waals surface area contributed by atoms with Gasteiger partial charge >= 0.3 is 0 Å². The maximum atomic E-state index is 9.25. The van der Waals surface area contributed by atoms with Gasteiger partial charge in [-0.1, -0.05) is 66.1 Å². The predicted octanol–water partition coefficient (Wildman–Crippen LogP) is 5.07. The molecule has 0 spiro atoms. The van der Waals surface area contributed by atoms with E-state index in [0.717, 1.165) is 0 Å². The quantitative estimate of drug-likeness (QED) is 0.476. The van der Waals surface area contributed by atoms with Gasteiger partial charge in [0.05, 0.1) is 8.07 Å². The van der Waals surface area contributed by atoms with E-state index in [1.807, 2.05) is 0 Å². The number of aliphatic hydroxyl groups is 1. The first-order chi connectivity index (χ1) is 7.74. The van der Waals surface area contributed by atoms with Gasteiger partial charge in [0.25, 0.3) is 0 Å². The highest BCUT2D eigenvalue weighted by molar-refractivity contribution is 6.80. The summed E-state index contributed by atoms with van der Waals surface area (Å²) in [4.78, 5) is 0. The van der Waals surface area contributed by atoms with Gasteiger partial charge in [0.1, 0.15) is 0 Å². The predicted molar refractivity (Wildman–Crippen MR) is 81.3 cm³/mol. The molecular formula is C15H34OSi. The van der Waals surface area contributed by atoms with Crippen LogP contribution in [0, 0.1) is 5.92 Å². The van der Waals surface area contributed by atoms with E-state index in [4.69, 9.17) is 0 Å². The molecule has 0 radical (unpaired) electrons. The average Bonchev–Trinajstić information content (AvgIpc) is 2.21. The Hall–Kier alpha value is 0.177. The second kappa shape index (κ2) is 7.58. The van der Waals surface area contributed by atoms with E-state index in [1.165, 1.54) is 38.1 Å². The normalized spacial score (nSPS) is 15.0. The Labute approximate surface area is 110 Å². The van der Waals surface area contributed by atoms with Crippen LogP contribution in [0.4, 0.5) is 0 Å². The largest absolute Gasteiger partial charge is 0.396 e. The van der Waals surface area contributed by atoms with Gasteiger partial charge in [-0.3, -0.25) is 0 Å². The monoisotopic (exact) mass is 258 g/mol. The molecule has 2 heteroatoms. The van der Waals surface area contributed by atoms with Gasteiger partial charge in [0.15, 0.2) is 0 Å². The SMILES string of the molecule is CCC[C@@H](CO)CCCC[Si](C)(C)C(C)(C)C. The second-order valence-corrected chi connectivity index (χ2v) is 13.0. The first-order valence-corrected chi connectivity index (χ1v) is 10.6. The van der Waals surface area contributed by atoms with Crippen LogP contribution in [0.2, 0.25) is 24.2 Å². The Morgan fingerprint density at radius 1 is 1.06 bits per heavy atom. The summed E-state index contributed by atoms with van der Waals surface area (Å²) in [5.41, 5.74) is 0. The smallest absolute Gasteiger partial charge is 0.0527 e. The number of unbranched alkanes of at least 4 members (excludes halogenated alkanes) is 1. The Morgan fingerprint density at radius 3 is 2.06 bits per heavy atom. The zero-order valence-corrected chi connectivity index (χ0v) is 14.0. The van der Waals surface area contributed by atoms with Crippen LogP contribution < -0.4 is 0 Å². The third-order valence-electron chi connectivity index (χ3n) is 4.65. The molecule has 0 rings (SSSR count). The summed E-state index contributed by atoms with van der Waals surface area (Å²) < 4.78 is 0. The van der Waals surface area contributed by atoms with Gasteiger partial charge in [0.2, 0.25) is 0 Å². The van der Waals surface area contributed by atoms with Crippen LogP contribution in [-0.2, 0) is 0 Å². The molecule has 0 bridgehead atoms. The molecule has 1 N–H and O–H groups in total. The van der Waals surface area contributed by atoms with Crippen molar-refractivity contribution in [2.75, 3.05) is 6.61 Å². The van der Waals surface area contributed by atoms with Crippen molar-refractivity contribution >= 4 is 8.07 Å². The van der Waals surface area contributed by atoms with E-state index in [0.29, 0.717) is 17.6 Å². The van der Waals surface area contributed by atoms with Crippen LogP contribution in [-0.4, -0.2) is 19.8 Å². The summed E-state index contributed by atoms with van der Waals surface area (Å²) in [7, 11) is -1.07. The summed E-state index contributed by atoms with van der Waals surface area (Å²) in [6.45, 7) is 14.8. The summed E-state index contributed by atoms with van der Waals surface area (Å²) >= 11 is 0. The van der Waals surface area contributed by atoms with Gasteiger partial charge in [-0.05, 0) is 23.8 Å².